The van der Waals surface area contributed by atoms with E-state index in [2.05, 4.69) is 11.0 Å². The first-order valence-corrected chi connectivity index (χ1v) is 14.1. The first kappa shape index (κ1) is 25.0. The molecule has 2 amide bonds. The molecule has 0 aromatic heterocycles. The minimum Gasteiger partial charge on any atom is -0.377 e. The van der Waals surface area contributed by atoms with E-state index in [-0.39, 0.29) is 30.3 Å². The van der Waals surface area contributed by atoms with Crippen LogP contribution in [0.3, 0.4) is 0 Å². The number of likely N-dealkylation sites (tertiary alicyclic amines) is 2. The van der Waals surface area contributed by atoms with Crippen LogP contribution in [0.5, 0.6) is 0 Å². The molecule has 0 bridgehead atoms. The number of fused-ring (bicyclic) bond motifs is 1. The van der Waals surface area contributed by atoms with Gasteiger partial charge in [-0.3, -0.25) is 14.4 Å². The maximum absolute atomic E-state index is 14.4. The van der Waals surface area contributed by atoms with Crippen LogP contribution in [0.15, 0.2) is 18.2 Å². The minimum absolute atomic E-state index is 0.00858. The average Bonchev–Trinajstić information content (AvgIpc) is 3.30. The number of ether oxygens (including phenoxy) is 2. The number of hydrogen-bond acceptors (Lipinski definition) is 6. The second-order valence-electron chi connectivity index (χ2n) is 11.7. The van der Waals surface area contributed by atoms with Crippen LogP contribution >= 0.6 is 0 Å². The van der Waals surface area contributed by atoms with Gasteiger partial charge in [-0.25, -0.2) is 0 Å². The SMILES string of the molecule is CO[C@H]1CN(C(=O)[C@H](c2cc(C3CCN(C4CC4)CC3)ccc2C(N)=O)C2CCCC2)[C@@H]2C(=O)CO[C@H]12. The number of Topliss-reactive ketones (excluding diaryl/α,β-unsaturated/α-hetero) is 1. The molecule has 5 fully saturated rings. The molecule has 3 heterocycles. The van der Waals surface area contributed by atoms with E-state index in [0.717, 1.165) is 63.2 Å². The Bertz CT molecular complexity index is 1060. The Balaban J connectivity index is 1.34. The molecule has 2 N–H and O–H groups in total. The number of amides is 2. The number of ketones is 1. The summed E-state index contributed by atoms with van der Waals surface area (Å²) in [5.74, 6) is -0.641. The molecular weight excluding hydrogens is 470 g/mol. The second-order valence-corrected chi connectivity index (χ2v) is 11.7. The van der Waals surface area contributed by atoms with Crippen LogP contribution < -0.4 is 5.73 Å². The van der Waals surface area contributed by atoms with Crippen LogP contribution in [0.25, 0.3) is 0 Å². The first-order chi connectivity index (χ1) is 18.0. The van der Waals surface area contributed by atoms with Gasteiger partial charge in [0.1, 0.15) is 24.9 Å². The molecule has 8 nitrogen and oxygen atoms in total. The fourth-order valence-electron chi connectivity index (χ4n) is 7.46. The number of carbonyl (C=O) groups is 3. The summed E-state index contributed by atoms with van der Waals surface area (Å²) in [6.45, 7) is 2.54. The lowest BCUT2D eigenvalue weighted by atomic mass is 9.78. The third-order valence-electron chi connectivity index (χ3n) is 9.60. The highest BCUT2D eigenvalue weighted by molar-refractivity contribution is 5.99. The molecule has 0 radical (unpaired) electrons. The monoisotopic (exact) mass is 509 g/mol. The largest absolute Gasteiger partial charge is 0.377 e. The average molecular weight is 510 g/mol. The summed E-state index contributed by atoms with van der Waals surface area (Å²) in [5, 5.41) is 0. The van der Waals surface area contributed by atoms with Crippen LogP contribution in [0.4, 0.5) is 0 Å². The summed E-state index contributed by atoms with van der Waals surface area (Å²) in [4.78, 5) is 44.1. The predicted octanol–water partition coefficient (Wildman–Crippen LogP) is 2.59. The van der Waals surface area contributed by atoms with E-state index in [1.165, 1.54) is 18.4 Å². The highest BCUT2D eigenvalue weighted by atomic mass is 16.5. The second kappa shape index (κ2) is 10.1. The maximum Gasteiger partial charge on any atom is 0.249 e. The van der Waals surface area contributed by atoms with E-state index in [0.29, 0.717) is 18.0 Å². The van der Waals surface area contributed by atoms with Crippen molar-refractivity contribution in [1.82, 2.24) is 9.80 Å². The Morgan fingerprint density at radius 1 is 1.08 bits per heavy atom. The Morgan fingerprint density at radius 2 is 1.81 bits per heavy atom. The molecule has 0 unspecified atom stereocenters. The molecule has 4 atom stereocenters. The third kappa shape index (κ3) is 4.61. The number of nitrogens with zero attached hydrogens (tertiary/aromatic N) is 2. The Kier molecular flexibility index (Phi) is 6.84. The van der Waals surface area contributed by atoms with Gasteiger partial charge in [0.2, 0.25) is 11.8 Å². The number of methoxy groups -OCH3 is 1. The smallest absolute Gasteiger partial charge is 0.249 e. The van der Waals surface area contributed by atoms with Gasteiger partial charge in [0.15, 0.2) is 5.78 Å². The highest BCUT2D eigenvalue weighted by Crippen LogP contribution is 2.43. The van der Waals surface area contributed by atoms with Gasteiger partial charge in [-0.15, -0.1) is 0 Å². The van der Waals surface area contributed by atoms with Crippen molar-refractivity contribution in [2.24, 2.45) is 11.7 Å². The van der Waals surface area contributed by atoms with Crippen LogP contribution in [-0.4, -0.2) is 85.0 Å². The Hall–Kier alpha value is -2.29. The van der Waals surface area contributed by atoms with Crippen molar-refractivity contribution < 1.29 is 23.9 Å². The van der Waals surface area contributed by atoms with E-state index in [9.17, 15) is 14.4 Å². The molecule has 3 saturated heterocycles. The van der Waals surface area contributed by atoms with E-state index in [1.54, 1.807) is 12.0 Å². The van der Waals surface area contributed by atoms with E-state index < -0.39 is 24.0 Å². The zero-order valence-electron chi connectivity index (χ0n) is 21.8. The number of nitrogens with two attached hydrogens (primary N) is 1. The summed E-state index contributed by atoms with van der Waals surface area (Å²) in [5.41, 5.74) is 8.25. The van der Waals surface area contributed by atoms with Crippen molar-refractivity contribution >= 4 is 17.6 Å². The molecule has 5 aliphatic rings. The van der Waals surface area contributed by atoms with E-state index in [4.69, 9.17) is 15.2 Å². The lowest BCUT2D eigenvalue weighted by Gasteiger charge is -2.34. The molecule has 1 aromatic rings. The lowest BCUT2D eigenvalue weighted by molar-refractivity contribution is -0.139. The van der Waals surface area contributed by atoms with Crippen LogP contribution in [0.2, 0.25) is 0 Å². The van der Waals surface area contributed by atoms with Crippen LogP contribution in [0, 0.1) is 5.92 Å². The number of rotatable bonds is 7. The number of benzene rings is 1. The highest BCUT2D eigenvalue weighted by Gasteiger charge is 2.54. The van der Waals surface area contributed by atoms with Crippen LogP contribution in [0.1, 0.15) is 84.7 Å². The van der Waals surface area contributed by atoms with Gasteiger partial charge in [-0.05, 0) is 80.6 Å². The molecule has 2 saturated carbocycles. The van der Waals surface area contributed by atoms with Gasteiger partial charge in [0.05, 0.1) is 12.5 Å². The molecule has 3 aliphatic heterocycles. The quantitative estimate of drug-likeness (QED) is 0.606. The lowest BCUT2D eigenvalue weighted by Crippen LogP contribution is -2.45. The summed E-state index contributed by atoms with van der Waals surface area (Å²) in [6.07, 6.45) is 8.05. The molecule has 2 aliphatic carbocycles. The van der Waals surface area contributed by atoms with Gasteiger partial charge in [-0.1, -0.05) is 25.0 Å². The van der Waals surface area contributed by atoms with Gasteiger partial charge in [-0.2, -0.15) is 0 Å². The summed E-state index contributed by atoms with van der Waals surface area (Å²) < 4.78 is 11.3. The predicted molar refractivity (Wildman–Crippen MR) is 137 cm³/mol. The van der Waals surface area contributed by atoms with Crippen molar-refractivity contribution in [3.05, 3.63) is 34.9 Å². The van der Waals surface area contributed by atoms with Gasteiger partial charge < -0.3 is 25.0 Å². The summed E-state index contributed by atoms with van der Waals surface area (Å²) in [6, 6.07) is 6.14. The van der Waals surface area contributed by atoms with E-state index >= 15 is 0 Å². The number of primary amides is 1. The molecule has 200 valence electrons. The molecule has 0 spiro atoms. The molecule has 6 rings (SSSR count). The summed E-state index contributed by atoms with van der Waals surface area (Å²) in [7, 11) is 1.60. The molecule has 8 heteroatoms. The van der Waals surface area contributed by atoms with Crippen LogP contribution in [-0.2, 0) is 19.1 Å². The van der Waals surface area contributed by atoms with Gasteiger partial charge in [0.25, 0.3) is 0 Å². The topological polar surface area (TPSA) is 102 Å². The fourth-order valence-corrected chi connectivity index (χ4v) is 7.46. The van der Waals surface area contributed by atoms with Gasteiger partial charge >= 0.3 is 0 Å². The van der Waals surface area contributed by atoms with Crippen molar-refractivity contribution in [3.8, 4) is 0 Å². The number of piperidine rings is 1. The number of carbonyl (C=O) groups excluding carboxylic acids is 3. The minimum atomic E-state index is -0.617. The molecular formula is C29H39N3O5. The Morgan fingerprint density at radius 3 is 2.46 bits per heavy atom. The van der Waals surface area contributed by atoms with Gasteiger partial charge in [0, 0.05) is 18.7 Å². The number of hydrogen-bond donors (Lipinski definition) is 1. The zero-order valence-corrected chi connectivity index (χ0v) is 21.8. The van der Waals surface area contributed by atoms with Crippen molar-refractivity contribution in [3.63, 3.8) is 0 Å². The maximum atomic E-state index is 14.4. The van der Waals surface area contributed by atoms with Crippen molar-refractivity contribution in [2.75, 3.05) is 33.4 Å². The fraction of sp³-hybridized carbons (Fsp3) is 0.690. The van der Waals surface area contributed by atoms with Crippen molar-refractivity contribution in [1.29, 1.82) is 0 Å². The van der Waals surface area contributed by atoms with E-state index in [1.807, 2.05) is 12.1 Å². The normalized spacial score (nSPS) is 30.1. The first-order valence-electron chi connectivity index (χ1n) is 14.1. The standard InChI is InChI=1S/C29H39N3O5/c1-36-24-15-32(26-23(33)16-37-27(24)26)29(35)25(18-4-2-3-5-18)22-14-19(6-9-21(22)28(30)34)17-10-12-31(13-11-17)20-7-8-20/h6,9,14,17-18,20,24-27H,2-5,7-8,10-13,15-16H2,1H3,(H2,30,34)/t24-,25-,26+,27+/m0/s1. The summed E-state index contributed by atoms with van der Waals surface area (Å²) >= 11 is 0. The molecule has 1 aromatic carbocycles. The zero-order chi connectivity index (χ0) is 25.7. The third-order valence-corrected chi connectivity index (χ3v) is 9.60. The molecule has 37 heavy (non-hydrogen) atoms. The van der Waals surface area contributed by atoms with Crippen molar-refractivity contribution in [2.45, 2.75) is 87.5 Å². The Labute approximate surface area is 218 Å².